The second-order valence-corrected chi connectivity index (χ2v) is 5.67. The summed E-state index contributed by atoms with van der Waals surface area (Å²) in [5.41, 5.74) is 1.03. The van der Waals surface area contributed by atoms with Crippen LogP contribution < -0.4 is 0 Å². The zero-order valence-electron chi connectivity index (χ0n) is 10.6. The number of fused-ring (bicyclic) bond motifs is 1. The third-order valence-electron chi connectivity index (χ3n) is 2.71. The summed E-state index contributed by atoms with van der Waals surface area (Å²) in [6, 6.07) is 2.86. The first kappa shape index (κ1) is 16.8. The van der Waals surface area contributed by atoms with Crippen molar-refractivity contribution < 1.29 is 22.3 Å². The molecule has 0 aliphatic rings. The van der Waals surface area contributed by atoms with Crippen LogP contribution in [-0.4, -0.2) is 28.9 Å². The van der Waals surface area contributed by atoms with Crippen LogP contribution in [0.1, 0.15) is 5.82 Å². The molecule has 0 saturated carbocycles. The van der Waals surface area contributed by atoms with Crippen LogP contribution in [0.4, 0.5) is 17.6 Å². The third-order valence-corrected chi connectivity index (χ3v) is 3.78. The average molecular weight is 437 g/mol. The maximum absolute atomic E-state index is 13.6. The number of aromatic nitrogens is 2. The number of ether oxygens (including phenoxy) is 1. The van der Waals surface area contributed by atoms with E-state index >= 15 is 0 Å². The number of benzene rings is 1. The standard InChI is InChI=1S/C12H10ClF4IN2O/c13-5-11-19-9-4-8(18)7(14)3-10(9)20(11)1-2-21-6-12(15,16)17/h3-4H,1-2,5-6H2. The molecule has 1 heterocycles. The molecule has 0 N–H and O–H groups in total. The molecule has 0 saturated heterocycles. The molecule has 2 rings (SSSR count). The Morgan fingerprint density at radius 1 is 1.33 bits per heavy atom. The number of imidazole rings is 1. The van der Waals surface area contributed by atoms with Crippen molar-refractivity contribution >= 4 is 45.2 Å². The number of rotatable bonds is 5. The Kier molecular flexibility index (Phi) is 5.31. The minimum absolute atomic E-state index is 0.0755. The van der Waals surface area contributed by atoms with E-state index in [0.717, 1.165) is 0 Å². The minimum Gasteiger partial charge on any atom is -0.370 e. The molecule has 21 heavy (non-hydrogen) atoms. The Morgan fingerprint density at radius 3 is 2.67 bits per heavy atom. The van der Waals surface area contributed by atoms with E-state index in [4.69, 9.17) is 11.6 Å². The molecule has 0 unspecified atom stereocenters. The summed E-state index contributed by atoms with van der Waals surface area (Å²) < 4.78 is 56.2. The van der Waals surface area contributed by atoms with Gasteiger partial charge in [0.15, 0.2) is 0 Å². The SMILES string of the molecule is Fc1cc2c(cc1I)nc(CCl)n2CCOCC(F)(F)F. The summed E-state index contributed by atoms with van der Waals surface area (Å²) in [5.74, 6) is 0.122. The largest absolute Gasteiger partial charge is 0.411 e. The van der Waals surface area contributed by atoms with E-state index in [-0.39, 0.29) is 19.0 Å². The predicted molar refractivity (Wildman–Crippen MR) is 78.8 cm³/mol. The number of alkyl halides is 4. The average Bonchev–Trinajstić information content (AvgIpc) is 2.71. The number of halogens is 6. The quantitative estimate of drug-likeness (QED) is 0.305. The fourth-order valence-electron chi connectivity index (χ4n) is 1.87. The molecule has 1 aromatic heterocycles. The second-order valence-electron chi connectivity index (χ2n) is 4.24. The van der Waals surface area contributed by atoms with Gasteiger partial charge in [-0.2, -0.15) is 13.2 Å². The third kappa shape index (κ3) is 4.19. The topological polar surface area (TPSA) is 27.1 Å². The van der Waals surface area contributed by atoms with Crippen LogP contribution in [0.15, 0.2) is 12.1 Å². The molecule has 9 heteroatoms. The normalized spacial score (nSPS) is 12.3. The maximum Gasteiger partial charge on any atom is 0.411 e. The van der Waals surface area contributed by atoms with Gasteiger partial charge in [-0.05, 0) is 28.7 Å². The lowest BCUT2D eigenvalue weighted by atomic mass is 10.3. The van der Waals surface area contributed by atoms with E-state index < -0.39 is 18.6 Å². The van der Waals surface area contributed by atoms with Crippen LogP contribution in [-0.2, 0) is 17.2 Å². The highest BCUT2D eigenvalue weighted by Gasteiger charge is 2.27. The highest BCUT2D eigenvalue weighted by atomic mass is 127. The molecule has 2 aromatic rings. The van der Waals surface area contributed by atoms with Crippen molar-refractivity contribution in [1.29, 1.82) is 0 Å². The van der Waals surface area contributed by atoms with Crippen LogP contribution in [0.2, 0.25) is 0 Å². The molecule has 116 valence electrons. The zero-order valence-corrected chi connectivity index (χ0v) is 13.5. The smallest absolute Gasteiger partial charge is 0.370 e. The maximum atomic E-state index is 13.6. The van der Waals surface area contributed by atoms with Crippen molar-refractivity contribution in [2.45, 2.75) is 18.6 Å². The van der Waals surface area contributed by atoms with E-state index in [1.54, 1.807) is 10.6 Å². The Balaban J connectivity index is 2.19. The van der Waals surface area contributed by atoms with Crippen LogP contribution >= 0.6 is 34.2 Å². The molecule has 0 fully saturated rings. The van der Waals surface area contributed by atoms with Gasteiger partial charge in [0.2, 0.25) is 0 Å². The second kappa shape index (κ2) is 6.66. The van der Waals surface area contributed by atoms with Crippen molar-refractivity contribution in [1.82, 2.24) is 9.55 Å². The van der Waals surface area contributed by atoms with Crippen LogP contribution in [0, 0.1) is 9.39 Å². The molecule has 0 amide bonds. The molecule has 1 aromatic carbocycles. The highest BCUT2D eigenvalue weighted by Crippen LogP contribution is 2.23. The monoisotopic (exact) mass is 436 g/mol. The van der Waals surface area contributed by atoms with E-state index in [0.29, 0.717) is 20.4 Å². The van der Waals surface area contributed by atoms with E-state index in [1.807, 2.05) is 22.6 Å². The van der Waals surface area contributed by atoms with Crippen LogP contribution in [0.25, 0.3) is 11.0 Å². The van der Waals surface area contributed by atoms with Gasteiger partial charge in [-0.3, -0.25) is 0 Å². The fraction of sp³-hybridized carbons (Fsp3) is 0.417. The van der Waals surface area contributed by atoms with Crippen LogP contribution in [0.5, 0.6) is 0 Å². The van der Waals surface area contributed by atoms with Gasteiger partial charge >= 0.3 is 6.18 Å². The Bertz CT molecular complexity index is 644. The molecule has 0 aliphatic carbocycles. The molecular weight excluding hydrogens is 426 g/mol. The Hall–Kier alpha value is -0.610. The van der Waals surface area contributed by atoms with Gasteiger partial charge in [-0.25, -0.2) is 9.37 Å². The summed E-state index contributed by atoms with van der Waals surface area (Å²) in [5, 5.41) is 0. The zero-order chi connectivity index (χ0) is 15.6. The van der Waals surface area contributed by atoms with Gasteiger partial charge in [0.1, 0.15) is 18.2 Å². The van der Waals surface area contributed by atoms with Gasteiger partial charge < -0.3 is 9.30 Å². The lowest BCUT2D eigenvalue weighted by molar-refractivity contribution is -0.174. The summed E-state index contributed by atoms with van der Waals surface area (Å²) in [7, 11) is 0. The minimum atomic E-state index is -4.37. The lowest BCUT2D eigenvalue weighted by Gasteiger charge is -2.10. The summed E-state index contributed by atoms with van der Waals surface area (Å²) in [4.78, 5) is 4.24. The van der Waals surface area contributed by atoms with Crippen LogP contribution in [0.3, 0.4) is 0 Å². The number of nitrogens with zero attached hydrogens (tertiary/aromatic N) is 2. The Morgan fingerprint density at radius 2 is 2.05 bits per heavy atom. The van der Waals surface area contributed by atoms with Gasteiger partial charge in [0.25, 0.3) is 0 Å². The van der Waals surface area contributed by atoms with Gasteiger partial charge in [-0.1, -0.05) is 0 Å². The Labute approximate surface area is 136 Å². The van der Waals surface area contributed by atoms with Gasteiger partial charge in [-0.15, -0.1) is 11.6 Å². The number of hydrogen-bond donors (Lipinski definition) is 0. The van der Waals surface area contributed by atoms with Gasteiger partial charge in [0.05, 0.1) is 27.1 Å². The first-order valence-corrected chi connectivity index (χ1v) is 7.48. The lowest BCUT2D eigenvalue weighted by Crippen LogP contribution is -2.19. The van der Waals surface area contributed by atoms with Crippen molar-refractivity contribution in [3.63, 3.8) is 0 Å². The molecule has 0 radical (unpaired) electrons. The molecular formula is C12H10ClF4IN2O. The van der Waals surface area contributed by atoms with Crippen molar-refractivity contribution in [3.05, 3.63) is 27.3 Å². The van der Waals surface area contributed by atoms with E-state index in [1.165, 1.54) is 6.07 Å². The summed E-state index contributed by atoms with van der Waals surface area (Å²) in [6.07, 6.45) is -4.37. The predicted octanol–water partition coefficient (Wildman–Crippen LogP) is 4.10. The first-order valence-electron chi connectivity index (χ1n) is 5.86. The van der Waals surface area contributed by atoms with Crippen molar-refractivity contribution in [3.8, 4) is 0 Å². The molecule has 3 nitrogen and oxygen atoms in total. The molecule has 0 atom stereocenters. The van der Waals surface area contributed by atoms with Gasteiger partial charge in [0, 0.05) is 12.6 Å². The molecule has 0 bridgehead atoms. The van der Waals surface area contributed by atoms with E-state index in [9.17, 15) is 17.6 Å². The number of hydrogen-bond acceptors (Lipinski definition) is 2. The molecule has 0 aliphatic heterocycles. The van der Waals surface area contributed by atoms with E-state index in [2.05, 4.69) is 9.72 Å². The summed E-state index contributed by atoms with van der Waals surface area (Å²) >= 11 is 7.61. The highest BCUT2D eigenvalue weighted by molar-refractivity contribution is 14.1. The molecule has 0 spiro atoms. The van der Waals surface area contributed by atoms with Crippen molar-refractivity contribution in [2.75, 3.05) is 13.2 Å². The first-order chi connectivity index (χ1) is 9.81. The fourth-order valence-corrected chi connectivity index (χ4v) is 2.52. The summed E-state index contributed by atoms with van der Waals surface area (Å²) in [6.45, 7) is -1.36. The van der Waals surface area contributed by atoms with Crippen molar-refractivity contribution in [2.24, 2.45) is 0 Å².